The molecule has 0 aliphatic carbocycles. The topological polar surface area (TPSA) is 88.3 Å². The van der Waals surface area contributed by atoms with Gasteiger partial charge in [-0.1, -0.05) is 12.1 Å². The largest absolute Gasteiger partial charge is 0.418 e. The molecule has 0 atom stereocenters. The second-order valence-corrected chi connectivity index (χ2v) is 7.54. The Hall–Kier alpha value is -2.27. The number of nitrogens with two attached hydrogens (primary N) is 1. The van der Waals surface area contributed by atoms with Crippen molar-refractivity contribution in [3.05, 3.63) is 40.9 Å². The van der Waals surface area contributed by atoms with Crippen LogP contribution in [0.15, 0.2) is 29.6 Å². The van der Waals surface area contributed by atoms with Crippen LogP contribution >= 0.6 is 23.1 Å². The number of aromatic nitrogens is 1. The Morgan fingerprint density at radius 2 is 2.04 bits per heavy atom. The van der Waals surface area contributed by atoms with E-state index in [-0.39, 0.29) is 30.4 Å². The molecule has 0 spiro atoms. The normalized spacial score (nSPS) is 11.3. The van der Waals surface area contributed by atoms with Crippen molar-refractivity contribution < 1.29 is 22.8 Å². The molecule has 0 aliphatic rings. The van der Waals surface area contributed by atoms with Gasteiger partial charge in [0.1, 0.15) is 0 Å². The molecule has 2 amide bonds. The maximum atomic E-state index is 13.0. The lowest BCUT2D eigenvalue weighted by Gasteiger charge is -2.21. The summed E-state index contributed by atoms with van der Waals surface area (Å²) in [5, 5.41) is 4.49. The van der Waals surface area contributed by atoms with Gasteiger partial charge in [-0.2, -0.15) is 13.2 Å². The first kappa shape index (κ1) is 22.0. The number of amides is 2. The van der Waals surface area contributed by atoms with E-state index in [0.29, 0.717) is 10.9 Å². The van der Waals surface area contributed by atoms with Gasteiger partial charge in [-0.3, -0.25) is 9.59 Å². The second-order valence-electron chi connectivity index (χ2n) is 5.67. The quantitative estimate of drug-likeness (QED) is 0.667. The Morgan fingerprint density at radius 3 is 2.64 bits per heavy atom. The lowest BCUT2D eigenvalue weighted by molar-refractivity contribution is -0.137. The van der Waals surface area contributed by atoms with Crippen LogP contribution in [0.2, 0.25) is 0 Å². The number of anilines is 2. The minimum Gasteiger partial charge on any atom is -0.375 e. The van der Waals surface area contributed by atoms with Gasteiger partial charge >= 0.3 is 6.18 Å². The Kier molecular flexibility index (Phi) is 7.69. The fourth-order valence-corrected chi connectivity index (χ4v) is 3.79. The number of nitrogens with one attached hydrogen (secondary N) is 1. The van der Waals surface area contributed by atoms with Crippen molar-refractivity contribution in [1.29, 1.82) is 0 Å². The fraction of sp³-hybridized carbons (Fsp3) is 0.353. The van der Waals surface area contributed by atoms with Crippen molar-refractivity contribution >= 4 is 45.7 Å². The zero-order valence-electron chi connectivity index (χ0n) is 15.0. The first-order valence-corrected chi connectivity index (χ1v) is 10.3. The number of thioether (sulfide) groups is 1. The number of carbonyl (C=O) groups excluding carboxylic acids is 2. The molecule has 0 unspecified atom stereocenters. The van der Waals surface area contributed by atoms with Gasteiger partial charge in [0.2, 0.25) is 11.8 Å². The van der Waals surface area contributed by atoms with Crippen LogP contribution in [0.4, 0.5) is 24.0 Å². The molecule has 1 aromatic heterocycles. The number of para-hydroxylation sites is 1. The number of rotatable bonds is 8. The SMILES string of the molecule is CCN(CC(=O)Nc1ccccc1C(F)(F)F)C(=O)CSCc1csc(N)n1. The molecule has 1 heterocycles. The van der Waals surface area contributed by atoms with Gasteiger partial charge in [-0.05, 0) is 19.1 Å². The van der Waals surface area contributed by atoms with Crippen LogP contribution in [0.5, 0.6) is 0 Å². The summed E-state index contributed by atoms with van der Waals surface area (Å²) in [5.41, 5.74) is 5.04. The van der Waals surface area contributed by atoms with E-state index in [1.54, 1.807) is 12.3 Å². The number of hydrogen-bond donors (Lipinski definition) is 2. The van der Waals surface area contributed by atoms with Crippen molar-refractivity contribution in [2.45, 2.75) is 18.9 Å². The smallest absolute Gasteiger partial charge is 0.375 e. The molecule has 2 rings (SSSR count). The van der Waals surface area contributed by atoms with E-state index in [1.165, 1.54) is 46.2 Å². The van der Waals surface area contributed by atoms with E-state index in [4.69, 9.17) is 5.73 Å². The predicted octanol–water partition coefficient (Wildman–Crippen LogP) is 3.46. The molecule has 0 aliphatic heterocycles. The standard InChI is InChI=1S/C17H19F3N4O2S2/c1-2-24(15(26)10-27-8-11-9-28-16(21)22-11)7-14(25)23-13-6-4-3-5-12(13)17(18,19)20/h3-6,9H,2,7-8,10H2,1H3,(H2,21,22)(H,23,25). The summed E-state index contributed by atoms with van der Waals surface area (Å²) in [5.74, 6) is -0.348. The molecule has 0 radical (unpaired) electrons. The van der Waals surface area contributed by atoms with Gasteiger partial charge in [0, 0.05) is 17.7 Å². The van der Waals surface area contributed by atoms with Crippen molar-refractivity contribution in [1.82, 2.24) is 9.88 Å². The van der Waals surface area contributed by atoms with E-state index < -0.39 is 17.6 Å². The van der Waals surface area contributed by atoms with Gasteiger partial charge in [0.05, 0.1) is 29.2 Å². The summed E-state index contributed by atoms with van der Waals surface area (Å²) in [4.78, 5) is 29.8. The summed E-state index contributed by atoms with van der Waals surface area (Å²) in [6.07, 6.45) is -4.58. The highest BCUT2D eigenvalue weighted by Gasteiger charge is 2.33. The third kappa shape index (κ3) is 6.41. The maximum absolute atomic E-state index is 13.0. The summed E-state index contributed by atoms with van der Waals surface area (Å²) in [6.45, 7) is 1.63. The second kappa shape index (κ2) is 9.78. The van der Waals surface area contributed by atoms with Crippen LogP contribution in [0, 0.1) is 0 Å². The third-order valence-electron chi connectivity index (χ3n) is 3.62. The number of hydrogen-bond acceptors (Lipinski definition) is 6. The minimum absolute atomic E-state index is 0.123. The van der Waals surface area contributed by atoms with Crippen LogP contribution in [-0.4, -0.2) is 40.5 Å². The average Bonchev–Trinajstić information content (AvgIpc) is 3.04. The van der Waals surface area contributed by atoms with Crippen LogP contribution in [0.1, 0.15) is 18.2 Å². The number of benzene rings is 1. The molecule has 11 heteroatoms. The number of thiazole rings is 1. The molecule has 152 valence electrons. The zero-order chi connectivity index (χ0) is 20.7. The molecule has 0 fully saturated rings. The van der Waals surface area contributed by atoms with Crippen LogP contribution in [0.25, 0.3) is 0 Å². The minimum atomic E-state index is -4.58. The van der Waals surface area contributed by atoms with E-state index in [9.17, 15) is 22.8 Å². The fourth-order valence-electron chi connectivity index (χ4n) is 2.30. The number of nitrogen functional groups attached to an aromatic ring is 1. The van der Waals surface area contributed by atoms with E-state index >= 15 is 0 Å². The Bertz CT molecular complexity index is 827. The molecule has 2 aromatic rings. The predicted molar refractivity (Wildman–Crippen MR) is 105 cm³/mol. The summed E-state index contributed by atoms with van der Waals surface area (Å²) in [6, 6.07) is 4.71. The van der Waals surface area contributed by atoms with Gasteiger partial charge < -0.3 is 16.0 Å². The van der Waals surface area contributed by atoms with Gasteiger partial charge in [0.25, 0.3) is 0 Å². The Morgan fingerprint density at radius 1 is 1.32 bits per heavy atom. The van der Waals surface area contributed by atoms with E-state index in [2.05, 4.69) is 10.3 Å². The summed E-state index contributed by atoms with van der Waals surface area (Å²) < 4.78 is 39.0. The van der Waals surface area contributed by atoms with Crippen molar-refractivity contribution in [2.75, 3.05) is 29.9 Å². The van der Waals surface area contributed by atoms with Crippen LogP contribution in [-0.2, 0) is 21.5 Å². The molecule has 6 nitrogen and oxygen atoms in total. The molecular weight excluding hydrogens is 413 g/mol. The first-order chi connectivity index (χ1) is 13.2. The highest BCUT2D eigenvalue weighted by molar-refractivity contribution is 7.99. The number of alkyl halides is 3. The summed E-state index contributed by atoms with van der Waals surface area (Å²) >= 11 is 2.64. The number of halogens is 3. The Labute approximate surface area is 168 Å². The van der Waals surface area contributed by atoms with E-state index in [0.717, 1.165) is 11.8 Å². The van der Waals surface area contributed by atoms with Crippen molar-refractivity contribution in [2.24, 2.45) is 0 Å². The highest BCUT2D eigenvalue weighted by Crippen LogP contribution is 2.34. The number of nitrogens with zero attached hydrogens (tertiary/aromatic N) is 2. The average molecular weight is 432 g/mol. The molecule has 0 saturated heterocycles. The van der Waals surface area contributed by atoms with Crippen molar-refractivity contribution in [3.63, 3.8) is 0 Å². The van der Waals surface area contributed by atoms with E-state index in [1.807, 2.05) is 0 Å². The lowest BCUT2D eigenvalue weighted by atomic mass is 10.1. The maximum Gasteiger partial charge on any atom is 0.418 e. The van der Waals surface area contributed by atoms with Crippen LogP contribution in [0.3, 0.4) is 0 Å². The molecular formula is C17H19F3N4O2S2. The van der Waals surface area contributed by atoms with Gasteiger partial charge in [0.15, 0.2) is 5.13 Å². The molecule has 1 aromatic carbocycles. The zero-order valence-corrected chi connectivity index (χ0v) is 16.6. The lowest BCUT2D eigenvalue weighted by Crippen LogP contribution is -2.39. The highest BCUT2D eigenvalue weighted by atomic mass is 32.2. The van der Waals surface area contributed by atoms with Gasteiger partial charge in [-0.15, -0.1) is 23.1 Å². The van der Waals surface area contributed by atoms with Gasteiger partial charge in [-0.25, -0.2) is 4.98 Å². The van der Waals surface area contributed by atoms with Crippen LogP contribution < -0.4 is 11.1 Å². The molecule has 28 heavy (non-hydrogen) atoms. The molecule has 3 N–H and O–H groups in total. The number of carbonyl (C=O) groups is 2. The van der Waals surface area contributed by atoms with Crippen molar-refractivity contribution in [3.8, 4) is 0 Å². The monoisotopic (exact) mass is 432 g/mol. The third-order valence-corrected chi connectivity index (χ3v) is 5.29. The molecule has 0 bridgehead atoms. The number of likely N-dealkylation sites (N-methyl/N-ethyl adjacent to an activating group) is 1. The first-order valence-electron chi connectivity index (χ1n) is 8.22. The Balaban J connectivity index is 1.89. The molecule has 0 saturated carbocycles. The summed E-state index contributed by atoms with van der Waals surface area (Å²) in [7, 11) is 0.